The fraction of sp³-hybridized carbons (Fsp3) is 0.941. The summed E-state index contributed by atoms with van der Waals surface area (Å²) in [6.07, 6.45) is 6.19. The van der Waals surface area contributed by atoms with Gasteiger partial charge in [-0.3, -0.25) is 9.59 Å². The second-order valence-electron chi connectivity index (χ2n) is 10.7. The van der Waals surface area contributed by atoms with E-state index in [9.17, 15) is 9.59 Å². The smallest absolute Gasteiger partial charge is 0.305 e. The predicted molar refractivity (Wildman–Crippen MR) is 193 cm³/mol. The Morgan fingerprint density at radius 3 is 0.940 bits per heavy atom. The number of aliphatic carboxylic acids is 1. The van der Waals surface area contributed by atoms with Crippen molar-refractivity contribution in [2.24, 2.45) is 0 Å². The Morgan fingerprint density at radius 2 is 0.620 bits per heavy atom. The third-order valence-electron chi connectivity index (χ3n) is 6.40. The van der Waals surface area contributed by atoms with Gasteiger partial charge in [-0.1, -0.05) is 35.4 Å². The molecule has 0 aromatic carbocycles. The van der Waals surface area contributed by atoms with Crippen molar-refractivity contribution in [3.63, 3.8) is 0 Å². The zero-order valence-electron chi connectivity index (χ0n) is 30.2. The molecule has 298 valence electrons. The number of carbonyl (C=O) groups excluding carboxylic acids is 1. The van der Waals surface area contributed by atoms with Crippen LogP contribution in [0.15, 0.2) is 0 Å². The molecule has 1 N–H and O–H groups in total. The molecule has 0 radical (unpaired) electrons. The maximum atomic E-state index is 11.5. The minimum atomic E-state index is -0.862. The molecule has 0 aliphatic carbocycles. The minimum absolute atomic E-state index is 0.0606. The Morgan fingerprint density at radius 1 is 0.340 bits per heavy atom. The van der Waals surface area contributed by atoms with Gasteiger partial charge in [0, 0.05) is 19.4 Å². The highest BCUT2D eigenvalue weighted by Crippen LogP contribution is 2.03. The first-order valence-electron chi connectivity index (χ1n) is 17.9. The summed E-state index contributed by atoms with van der Waals surface area (Å²) < 4.78 is 66.4. The van der Waals surface area contributed by atoms with Crippen LogP contribution in [0.3, 0.4) is 0 Å². The molecule has 0 saturated carbocycles. The van der Waals surface area contributed by atoms with Gasteiger partial charge in [0.05, 0.1) is 139 Å². The van der Waals surface area contributed by atoms with Gasteiger partial charge >= 0.3 is 11.9 Å². The second kappa shape index (κ2) is 44.4. The first-order valence-corrected chi connectivity index (χ1v) is 19.5. The normalized spacial score (nSPS) is 11.4. The van der Waals surface area contributed by atoms with E-state index in [1.54, 1.807) is 0 Å². The molecule has 0 aliphatic heterocycles. The van der Waals surface area contributed by atoms with E-state index in [1.165, 1.54) is 23.7 Å². The minimum Gasteiger partial charge on any atom is -0.481 e. The van der Waals surface area contributed by atoms with E-state index in [1.807, 2.05) is 0 Å². The van der Waals surface area contributed by atoms with Crippen LogP contribution in [0.2, 0.25) is 0 Å². The zero-order valence-corrected chi connectivity index (χ0v) is 32.3. The Kier molecular flexibility index (Phi) is 43.7. The topological polar surface area (TPSA) is 165 Å². The highest BCUT2D eigenvalue weighted by atomic mass is 127. The summed E-state index contributed by atoms with van der Waals surface area (Å²) in [6, 6.07) is 0. The summed E-state index contributed by atoms with van der Waals surface area (Å²) >= 11 is 2.42. The maximum Gasteiger partial charge on any atom is 0.305 e. The first kappa shape index (κ1) is 49.2. The highest BCUT2D eigenvalue weighted by Gasteiger charge is 2.04. The lowest BCUT2D eigenvalue weighted by Gasteiger charge is -2.09. The number of carboxylic acid groups (broad SMARTS) is 1. The molecular weight excluding hydrogens is 775 g/mol. The standard InChI is InChI=1S/C34H65IO15/c35-9-5-1-2-6-10-39-11-12-40-13-14-41-15-16-42-17-18-43-19-20-44-21-22-45-23-24-46-25-26-47-27-28-48-29-30-49-31-32-50-34(38)8-4-3-7-33(36)37/h1-32H2,(H,36,37). The molecule has 0 bridgehead atoms. The van der Waals surface area contributed by atoms with E-state index in [-0.39, 0.29) is 32.0 Å². The van der Waals surface area contributed by atoms with Gasteiger partial charge in [-0.25, -0.2) is 0 Å². The molecule has 0 unspecified atom stereocenters. The fourth-order valence-corrected chi connectivity index (χ4v) is 4.32. The van der Waals surface area contributed by atoms with Gasteiger partial charge in [0.25, 0.3) is 0 Å². The van der Waals surface area contributed by atoms with Gasteiger partial charge in [-0.2, -0.15) is 0 Å². The van der Waals surface area contributed by atoms with Crippen LogP contribution in [0.4, 0.5) is 0 Å². The molecule has 0 fully saturated rings. The van der Waals surface area contributed by atoms with E-state index >= 15 is 0 Å². The summed E-state index contributed by atoms with van der Waals surface area (Å²) in [5, 5.41) is 8.55. The molecule has 0 rings (SSSR count). The van der Waals surface area contributed by atoms with E-state index in [0.717, 1.165) is 13.0 Å². The van der Waals surface area contributed by atoms with Gasteiger partial charge in [0.15, 0.2) is 0 Å². The van der Waals surface area contributed by atoms with E-state index < -0.39 is 5.97 Å². The number of halogens is 1. The second-order valence-corrected chi connectivity index (χ2v) is 11.7. The number of hydrogen-bond donors (Lipinski definition) is 1. The Balaban J connectivity index is 3.09. The molecular formula is C34H65IO15. The summed E-state index contributed by atoms with van der Waals surface area (Å²) in [7, 11) is 0. The average Bonchev–Trinajstić information content (AvgIpc) is 3.11. The molecule has 16 heteroatoms. The van der Waals surface area contributed by atoms with Gasteiger partial charge < -0.3 is 61.9 Å². The van der Waals surface area contributed by atoms with E-state index in [4.69, 9.17) is 61.9 Å². The highest BCUT2D eigenvalue weighted by molar-refractivity contribution is 14.1. The molecule has 0 heterocycles. The van der Waals surface area contributed by atoms with Crippen molar-refractivity contribution in [3.8, 4) is 0 Å². The number of rotatable bonds is 44. The van der Waals surface area contributed by atoms with Gasteiger partial charge in [0.1, 0.15) is 6.61 Å². The Labute approximate surface area is 313 Å². The summed E-state index contributed by atoms with van der Waals surface area (Å²) in [5.74, 6) is -1.21. The first-order chi connectivity index (χ1) is 24.7. The average molecular weight is 841 g/mol. The Hall–Kier alpha value is -0.770. The zero-order chi connectivity index (χ0) is 36.3. The number of esters is 1. The number of alkyl halides is 1. The van der Waals surface area contributed by atoms with Crippen LogP contribution in [-0.2, 0) is 66.4 Å². The lowest BCUT2D eigenvalue weighted by Crippen LogP contribution is -2.15. The molecule has 0 saturated heterocycles. The Bertz CT molecular complexity index is 693. The molecule has 50 heavy (non-hydrogen) atoms. The van der Waals surface area contributed by atoms with Crippen molar-refractivity contribution in [2.45, 2.75) is 51.4 Å². The molecule has 0 spiro atoms. The van der Waals surface area contributed by atoms with Crippen LogP contribution in [-0.4, -0.2) is 173 Å². The monoisotopic (exact) mass is 840 g/mol. The van der Waals surface area contributed by atoms with Crippen LogP contribution in [0.25, 0.3) is 0 Å². The van der Waals surface area contributed by atoms with Crippen LogP contribution in [0.5, 0.6) is 0 Å². The van der Waals surface area contributed by atoms with Crippen molar-refractivity contribution in [1.29, 1.82) is 0 Å². The molecule has 0 amide bonds. The number of carboxylic acids is 1. The predicted octanol–water partition coefficient (Wildman–Crippen LogP) is 3.35. The number of ether oxygens (including phenoxy) is 12. The molecule has 0 aliphatic rings. The van der Waals surface area contributed by atoms with Crippen LogP contribution in [0.1, 0.15) is 51.4 Å². The largest absolute Gasteiger partial charge is 0.481 e. The molecule has 0 aromatic heterocycles. The summed E-state index contributed by atoms with van der Waals surface area (Å²) in [5.41, 5.74) is 0. The quantitative estimate of drug-likeness (QED) is 0.0411. The van der Waals surface area contributed by atoms with Crippen molar-refractivity contribution >= 4 is 34.5 Å². The van der Waals surface area contributed by atoms with Gasteiger partial charge in [0.2, 0.25) is 0 Å². The van der Waals surface area contributed by atoms with E-state index in [2.05, 4.69) is 22.6 Å². The number of hydrogen-bond acceptors (Lipinski definition) is 14. The van der Waals surface area contributed by atoms with Crippen molar-refractivity contribution in [1.82, 2.24) is 0 Å². The maximum absolute atomic E-state index is 11.5. The van der Waals surface area contributed by atoms with Crippen LogP contribution in [0, 0.1) is 0 Å². The summed E-state index contributed by atoms with van der Waals surface area (Å²) in [6.45, 7) is 11.3. The lowest BCUT2D eigenvalue weighted by molar-refractivity contribution is -0.146. The number of carbonyl (C=O) groups is 2. The SMILES string of the molecule is O=C(O)CCCCC(=O)OCCOCCOCCOCCOCCOCCOCCOCCOCCOCCOCCOCCCCCCI. The fourth-order valence-electron chi connectivity index (χ4n) is 3.79. The van der Waals surface area contributed by atoms with Crippen molar-refractivity contribution < 1.29 is 71.5 Å². The van der Waals surface area contributed by atoms with E-state index in [0.29, 0.717) is 145 Å². The lowest BCUT2D eigenvalue weighted by atomic mass is 10.2. The molecule has 0 aromatic rings. The van der Waals surface area contributed by atoms with Crippen LogP contribution >= 0.6 is 22.6 Å². The summed E-state index contributed by atoms with van der Waals surface area (Å²) in [4.78, 5) is 21.9. The van der Waals surface area contributed by atoms with Gasteiger partial charge in [-0.05, 0) is 30.1 Å². The van der Waals surface area contributed by atoms with Gasteiger partial charge in [-0.15, -0.1) is 0 Å². The van der Waals surface area contributed by atoms with Crippen molar-refractivity contribution in [3.05, 3.63) is 0 Å². The molecule has 15 nitrogen and oxygen atoms in total. The molecule has 0 atom stereocenters. The number of unbranched alkanes of at least 4 members (excludes halogenated alkanes) is 4. The third-order valence-corrected chi connectivity index (χ3v) is 7.17. The van der Waals surface area contributed by atoms with Crippen LogP contribution < -0.4 is 0 Å². The van der Waals surface area contributed by atoms with Crippen molar-refractivity contribution in [2.75, 3.05) is 156 Å². The third kappa shape index (κ3) is 45.3.